The highest BCUT2D eigenvalue weighted by molar-refractivity contribution is 7.18. The van der Waals surface area contributed by atoms with E-state index in [1.807, 2.05) is 0 Å². The maximum Gasteiger partial charge on any atom is 0.325 e. The van der Waals surface area contributed by atoms with Gasteiger partial charge in [0.2, 0.25) is 0 Å². The fourth-order valence-electron chi connectivity index (χ4n) is 2.65. The predicted molar refractivity (Wildman–Crippen MR) is 94.3 cm³/mol. The second-order valence-electron chi connectivity index (χ2n) is 5.70. The van der Waals surface area contributed by atoms with Crippen LogP contribution in [0, 0.1) is 0 Å². The lowest BCUT2D eigenvalue weighted by Crippen LogP contribution is -2.41. The zero-order valence-electron chi connectivity index (χ0n) is 13.5. The summed E-state index contributed by atoms with van der Waals surface area (Å²) in [5, 5.41) is 2.67. The van der Waals surface area contributed by atoms with Crippen molar-refractivity contribution in [3.63, 3.8) is 0 Å². The molecule has 1 fully saturated rings. The summed E-state index contributed by atoms with van der Waals surface area (Å²) in [7, 11) is 1.55. The maximum atomic E-state index is 12.8. The standard InChI is InChI=1S/C17H15ClN2O4S/c1-17(10-3-5-11(24-2)6-4-10)15(22)20(16(23)19-17)9-12(21)13-7-8-14(18)25-13/h3-8H,9H2,1-2H3,(H,19,23)/t17-/m0/s1. The molecule has 1 aromatic heterocycles. The number of carbonyl (C=O) groups is 3. The van der Waals surface area contributed by atoms with Gasteiger partial charge < -0.3 is 10.1 Å². The maximum absolute atomic E-state index is 12.8. The van der Waals surface area contributed by atoms with E-state index in [2.05, 4.69) is 5.32 Å². The molecule has 0 saturated carbocycles. The smallest absolute Gasteiger partial charge is 0.325 e. The molecule has 3 rings (SSSR count). The molecule has 1 aliphatic heterocycles. The van der Waals surface area contributed by atoms with Crippen LogP contribution in [0.3, 0.4) is 0 Å². The van der Waals surface area contributed by atoms with Crippen LogP contribution in [0.1, 0.15) is 22.2 Å². The Bertz CT molecular complexity index is 849. The van der Waals surface area contributed by atoms with Crippen molar-refractivity contribution in [2.75, 3.05) is 13.7 Å². The lowest BCUT2D eigenvalue weighted by molar-refractivity contribution is -0.130. The Morgan fingerprint density at radius 1 is 1.24 bits per heavy atom. The van der Waals surface area contributed by atoms with Crippen LogP contribution in [0.2, 0.25) is 4.34 Å². The van der Waals surface area contributed by atoms with E-state index in [0.29, 0.717) is 20.5 Å². The summed E-state index contributed by atoms with van der Waals surface area (Å²) in [6, 6.07) is 9.42. The summed E-state index contributed by atoms with van der Waals surface area (Å²) >= 11 is 6.94. The molecule has 2 aromatic rings. The summed E-state index contributed by atoms with van der Waals surface area (Å²) < 4.78 is 5.58. The number of rotatable bonds is 5. The average Bonchev–Trinajstić information content (AvgIpc) is 3.13. The summed E-state index contributed by atoms with van der Waals surface area (Å²) in [5.41, 5.74) is -0.614. The fourth-order valence-corrected chi connectivity index (χ4v) is 3.62. The molecule has 6 nitrogen and oxygen atoms in total. The van der Waals surface area contributed by atoms with Gasteiger partial charge in [0.1, 0.15) is 11.3 Å². The minimum absolute atomic E-state index is 0.326. The molecule has 0 unspecified atom stereocenters. The Balaban J connectivity index is 1.82. The average molecular weight is 379 g/mol. The van der Waals surface area contributed by atoms with Crippen LogP contribution in [0.4, 0.5) is 4.79 Å². The van der Waals surface area contributed by atoms with Crippen LogP contribution in [0.5, 0.6) is 5.75 Å². The molecule has 0 bridgehead atoms. The topological polar surface area (TPSA) is 75.7 Å². The Kier molecular flexibility index (Phi) is 4.53. The Hall–Kier alpha value is -2.38. The normalized spacial score (nSPS) is 19.9. The second kappa shape index (κ2) is 6.50. The molecule has 1 N–H and O–H groups in total. The van der Waals surface area contributed by atoms with E-state index >= 15 is 0 Å². The highest BCUT2D eigenvalue weighted by Crippen LogP contribution is 2.30. The number of amides is 3. The highest BCUT2D eigenvalue weighted by Gasteiger charge is 2.49. The van der Waals surface area contributed by atoms with Gasteiger partial charge in [-0.2, -0.15) is 0 Å². The number of halogens is 1. The first-order valence-electron chi connectivity index (χ1n) is 7.42. The fraction of sp³-hybridized carbons (Fsp3) is 0.235. The zero-order valence-corrected chi connectivity index (χ0v) is 15.1. The van der Waals surface area contributed by atoms with Gasteiger partial charge in [0.05, 0.1) is 22.9 Å². The van der Waals surface area contributed by atoms with Gasteiger partial charge in [-0.25, -0.2) is 4.79 Å². The molecule has 0 radical (unpaired) electrons. The molecular formula is C17H15ClN2O4S. The number of carbonyl (C=O) groups excluding carboxylic acids is 3. The van der Waals surface area contributed by atoms with Crippen molar-refractivity contribution in [1.82, 2.24) is 10.2 Å². The van der Waals surface area contributed by atoms with Crippen molar-refractivity contribution >= 4 is 40.7 Å². The number of thiophene rings is 1. The predicted octanol–water partition coefficient (Wildman–Crippen LogP) is 3.06. The van der Waals surface area contributed by atoms with Crippen LogP contribution < -0.4 is 10.1 Å². The molecule has 2 heterocycles. The SMILES string of the molecule is COc1ccc([C@]2(C)NC(=O)N(CC(=O)c3ccc(Cl)s3)C2=O)cc1. The molecule has 8 heteroatoms. The number of nitrogens with one attached hydrogen (secondary N) is 1. The monoisotopic (exact) mass is 378 g/mol. The van der Waals surface area contributed by atoms with E-state index in [4.69, 9.17) is 16.3 Å². The molecule has 3 amide bonds. The van der Waals surface area contributed by atoms with Gasteiger partial charge in [-0.3, -0.25) is 14.5 Å². The van der Waals surface area contributed by atoms with Crippen LogP contribution in [-0.2, 0) is 10.3 Å². The number of benzene rings is 1. The van der Waals surface area contributed by atoms with Crippen molar-refractivity contribution < 1.29 is 19.1 Å². The van der Waals surface area contributed by atoms with E-state index in [1.165, 1.54) is 0 Å². The Morgan fingerprint density at radius 3 is 2.48 bits per heavy atom. The number of Topliss-reactive ketones (excluding diaryl/α,β-unsaturated/α-hetero) is 1. The molecule has 130 valence electrons. The summed E-state index contributed by atoms with van der Waals surface area (Å²) in [5.74, 6) is -0.163. The Labute approximate surface area is 153 Å². The van der Waals surface area contributed by atoms with Gasteiger partial charge in [0.15, 0.2) is 5.78 Å². The molecule has 1 atom stereocenters. The van der Waals surface area contributed by atoms with E-state index in [-0.39, 0.29) is 12.3 Å². The van der Waals surface area contributed by atoms with Crippen molar-refractivity contribution in [2.24, 2.45) is 0 Å². The minimum Gasteiger partial charge on any atom is -0.497 e. The number of nitrogens with zero attached hydrogens (tertiary/aromatic N) is 1. The van der Waals surface area contributed by atoms with Crippen molar-refractivity contribution in [2.45, 2.75) is 12.5 Å². The summed E-state index contributed by atoms with van der Waals surface area (Å²) in [6.07, 6.45) is 0. The first-order valence-corrected chi connectivity index (χ1v) is 8.62. The molecule has 25 heavy (non-hydrogen) atoms. The van der Waals surface area contributed by atoms with E-state index < -0.39 is 17.5 Å². The number of hydrogen-bond acceptors (Lipinski definition) is 5. The molecule has 0 aliphatic carbocycles. The van der Waals surface area contributed by atoms with Crippen LogP contribution >= 0.6 is 22.9 Å². The molecular weight excluding hydrogens is 364 g/mol. The van der Waals surface area contributed by atoms with Gasteiger partial charge in [0, 0.05) is 0 Å². The van der Waals surface area contributed by atoms with E-state index in [1.54, 1.807) is 50.4 Å². The highest BCUT2D eigenvalue weighted by atomic mass is 35.5. The van der Waals surface area contributed by atoms with Crippen molar-refractivity contribution in [3.8, 4) is 5.75 Å². The Morgan fingerprint density at radius 2 is 1.92 bits per heavy atom. The van der Waals surface area contributed by atoms with Crippen molar-refractivity contribution in [1.29, 1.82) is 0 Å². The van der Waals surface area contributed by atoms with E-state index in [9.17, 15) is 14.4 Å². The van der Waals surface area contributed by atoms with Crippen LogP contribution in [0.15, 0.2) is 36.4 Å². The molecule has 1 aromatic carbocycles. The van der Waals surface area contributed by atoms with Crippen LogP contribution in [-0.4, -0.2) is 36.3 Å². The largest absolute Gasteiger partial charge is 0.497 e. The third-order valence-corrected chi connectivity index (χ3v) is 5.36. The minimum atomic E-state index is -1.23. The number of ether oxygens (including phenoxy) is 1. The molecule has 1 saturated heterocycles. The van der Waals surface area contributed by atoms with E-state index in [0.717, 1.165) is 16.2 Å². The van der Waals surface area contributed by atoms with Crippen LogP contribution in [0.25, 0.3) is 0 Å². The van der Waals surface area contributed by atoms with Gasteiger partial charge in [-0.1, -0.05) is 23.7 Å². The zero-order chi connectivity index (χ0) is 18.2. The molecule has 0 spiro atoms. The first-order chi connectivity index (χ1) is 11.8. The second-order valence-corrected chi connectivity index (χ2v) is 7.42. The van der Waals surface area contributed by atoms with Crippen molar-refractivity contribution in [3.05, 3.63) is 51.2 Å². The summed E-state index contributed by atoms with van der Waals surface area (Å²) in [6.45, 7) is 1.29. The number of urea groups is 1. The number of ketones is 1. The number of methoxy groups -OCH3 is 1. The first kappa shape index (κ1) is 17.4. The lowest BCUT2D eigenvalue weighted by Gasteiger charge is -2.22. The lowest BCUT2D eigenvalue weighted by atomic mass is 9.92. The van der Waals surface area contributed by atoms with Gasteiger partial charge >= 0.3 is 6.03 Å². The quantitative estimate of drug-likeness (QED) is 0.641. The third-order valence-electron chi connectivity index (χ3n) is 4.09. The van der Waals surface area contributed by atoms with Gasteiger partial charge in [-0.15, -0.1) is 11.3 Å². The molecule has 1 aliphatic rings. The summed E-state index contributed by atoms with van der Waals surface area (Å²) in [4.78, 5) is 38.7. The van der Waals surface area contributed by atoms with Gasteiger partial charge in [-0.05, 0) is 36.8 Å². The third kappa shape index (κ3) is 3.12. The number of imide groups is 1. The number of hydrogen-bond donors (Lipinski definition) is 1. The van der Waals surface area contributed by atoms with Gasteiger partial charge in [0.25, 0.3) is 5.91 Å².